The highest BCUT2D eigenvalue weighted by Crippen LogP contribution is 2.39. The van der Waals surface area contributed by atoms with E-state index in [1.807, 2.05) is 0 Å². The molecule has 7 heteroatoms. The average molecular weight is 476 g/mol. The molecule has 1 rings (SSSR count). The van der Waals surface area contributed by atoms with Gasteiger partial charge in [-0.15, -0.1) is 69.6 Å². The van der Waals surface area contributed by atoms with Gasteiger partial charge in [0.2, 0.25) is 0 Å². The van der Waals surface area contributed by atoms with Gasteiger partial charge in [0, 0.05) is 0 Å². The quantitative estimate of drug-likeness (QED) is 0.315. The predicted molar refractivity (Wildman–Crippen MR) is 119 cm³/mol. The van der Waals surface area contributed by atoms with Gasteiger partial charge in [-0.1, -0.05) is 40.0 Å². The Balaban J connectivity index is 0.000000462. The summed E-state index contributed by atoms with van der Waals surface area (Å²) in [7, 11) is 0. The zero-order valence-electron chi connectivity index (χ0n) is 15.5. The van der Waals surface area contributed by atoms with Gasteiger partial charge in [-0.3, -0.25) is 0 Å². The molecule has 25 heavy (non-hydrogen) atoms. The number of nitrogens with zero attached hydrogens (tertiary/aromatic N) is 1. The Morgan fingerprint density at radius 2 is 0.680 bits per heavy atom. The SMILES string of the molecule is CCCCN(CCCC)CCCC.ClC1C(Cl)C(Cl)C(Cl)C(Cl)C1Cl. The van der Waals surface area contributed by atoms with Crippen LogP contribution in [-0.2, 0) is 0 Å². The van der Waals surface area contributed by atoms with Gasteiger partial charge in [-0.2, -0.15) is 0 Å². The lowest BCUT2D eigenvalue weighted by Gasteiger charge is -2.37. The second-order valence-electron chi connectivity index (χ2n) is 6.57. The van der Waals surface area contributed by atoms with Crippen molar-refractivity contribution in [3.8, 4) is 0 Å². The van der Waals surface area contributed by atoms with Crippen LogP contribution in [0.5, 0.6) is 0 Å². The summed E-state index contributed by atoms with van der Waals surface area (Å²) in [4.78, 5) is 2.64. The van der Waals surface area contributed by atoms with E-state index in [0.717, 1.165) is 0 Å². The molecule has 0 heterocycles. The number of halogens is 6. The molecule has 0 atom stereocenters. The lowest BCUT2D eigenvalue weighted by Crippen LogP contribution is -2.52. The average Bonchev–Trinajstić information content (AvgIpc) is 2.63. The Morgan fingerprint density at radius 3 is 0.840 bits per heavy atom. The number of alkyl halides is 6. The summed E-state index contributed by atoms with van der Waals surface area (Å²) in [6.45, 7) is 10.8. The van der Waals surface area contributed by atoms with E-state index in [-0.39, 0.29) is 0 Å². The van der Waals surface area contributed by atoms with E-state index in [4.69, 9.17) is 69.6 Å². The maximum absolute atomic E-state index is 5.88. The molecular weight excluding hydrogens is 443 g/mol. The van der Waals surface area contributed by atoms with Gasteiger partial charge in [0.05, 0.1) is 32.3 Å². The number of rotatable bonds is 9. The van der Waals surface area contributed by atoms with E-state index >= 15 is 0 Å². The van der Waals surface area contributed by atoms with Crippen molar-refractivity contribution in [3.05, 3.63) is 0 Å². The molecule has 0 bridgehead atoms. The fourth-order valence-electron chi connectivity index (χ4n) is 2.53. The molecule has 0 aliphatic heterocycles. The fourth-order valence-corrected chi connectivity index (χ4v) is 4.86. The van der Waals surface area contributed by atoms with Crippen LogP contribution >= 0.6 is 69.6 Å². The summed E-state index contributed by atoms with van der Waals surface area (Å²) in [6, 6.07) is 0. The molecule has 0 saturated heterocycles. The van der Waals surface area contributed by atoms with Gasteiger partial charge < -0.3 is 4.90 Å². The normalized spacial score (nSPS) is 32.4. The molecule has 1 saturated carbocycles. The van der Waals surface area contributed by atoms with E-state index in [9.17, 15) is 0 Å². The molecule has 0 aromatic heterocycles. The first-order valence-corrected chi connectivity index (χ1v) is 12.0. The summed E-state index contributed by atoms with van der Waals surface area (Å²) < 4.78 is 0. The number of hydrogen-bond donors (Lipinski definition) is 0. The van der Waals surface area contributed by atoms with Crippen LogP contribution in [0.1, 0.15) is 59.3 Å². The molecule has 0 N–H and O–H groups in total. The highest BCUT2D eigenvalue weighted by atomic mass is 35.5. The Hall–Kier alpha value is 1.70. The van der Waals surface area contributed by atoms with Gasteiger partial charge in [-0.25, -0.2) is 0 Å². The second-order valence-corrected chi connectivity index (χ2v) is 9.59. The van der Waals surface area contributed by atoms with Crippen molar-refractivity contribution in [2.75, 3.05) is 19.6 Å². The lowest BCUT2D eigenvalue weighted by atomic mass is 9.97. The summed E-state index contributed by atoms with van der Waals surface area (Å²) in [5.74, 6) is 0. The molecule has 0 unspecified atom stereocenters. The molecule has 1 aliphatic rings. The first-order valence-electron chi connectivity index (χ1n) is 9.38. The van der Waals surface area contributed by atoms with Gasteiger partial charge in [0.1, 0.15) is 0 Å². The van der Waals surface area contributed by atoms with Crippen molar-refractivity contribution in [2.45, 2.75) is 91.6 Å². The first kappa shape index (κ1) is 26.7. The third-order valence-electron chi connectivity index (χ3n) is 4.31. The minimum atomic E-state index is -0.437. The number of hydrogen-bond acceptors (Lipinski definition) is 1. The van der Waals surface area contributed by atoms with E-state index in [1.54, 1.807) is 0 Å². The molecule has 0 aromatic carbocycles. The van der Waals surface area contributed by atoms with Gasteiger partial charge in [0.25, 0.3) is 0 Å². The monoisotopic (exact) mass is 473 g/mol. The molecule has 152 valence electrons. The van der Waals surface area contributed by atoms with Crippen LogP contribution in [0.25, 0.3) is 0 Å². The Morgan fingerprint density at radius 1 is 0.480 bits per heavy atom. The van der Waals surface area contributed by atoms with Crippen LogP contribution in [0.15, 0.2) is 0 Å². The van der Waals surface area contributed by atoms with Crippen molar-refractivity contribution < 1.29 is 0 Å². The van der Waals surface area contributed by atoms with E-state index in [0.29, 0.717) is 0 Å². The van der Waals surface area contributed by atoms with Crippen LogP contribution < -0.4 is 0 Å². The molecule has 0 spiro atoms. The zero-order chi connectivity index (χ0) is 19.4. The maximum atomic E-state index is 5.88. The van der Waals surface area contributed by atoms with Crippen molar-refractivity contribution >= 4 is 69.6 Å². The minimum Gasteiger partial charge on any atom is -0.303 e. The zero-order valence-corrected chi connectivity index (χ0v) is 20.1. The van der Waals surface area contributed by atoms with Gasteiger partial charge in [-0.05, 0) is 38.9 Å². The molecule has 1 nitrogen and oxygen atoms in total. The van der Waals surface area contributed by atoms with E-state index in [2.05, 4.69) is 25.7 Å². The van der Waals surface area contributed by atoms with Crippen molar-refractivity contribution in [2.24, 2.45) is 0 Å². The van der Waals surface area contributed by atoms with Crippen LogP contribution in [0.3, 0.4) is 0 Å². The van der Waals surface area contributed by atoms with Gasteiger partial charge in [0.15, 0.2) is 0 Å². The van der Waals surface area contributed by atoms with Crippen LogP contribution in [0.2, 0.25) is 0 Å². The smallest absolute Gasteiger partial charge is 0.0693 e. The van der Waals surface area contributed by atoms with Crippen LogP contribution in [0.4, 0.5) is 0 Å². The maximum Gasteiger partial charge on any atom is 0.0693 e. The van der Waals surface area contributed by atoms with E-state index in [1.165, 1.54) is 58.2 Å². The molecule has 0 radical (unpaired) electrons. The molecular formula is C18H33Cl6N. The Bertz CT molecular complexity index is 242. The van der Waals surface area contributed by atoms with Crippen molar-refractivity contribution in [1.82, 2.24) is 4.90 Å². The van der Waals surface area contributed by atoms with Crippen molar-refractivity contribution in [1.29, 1.82) is 0 Å². The van der Waals surface area contributed by atoms with E-state index < -0.39 is 32.3 Å². The predicted octanol–water partition coefficient (Wildman–Crippen LogP) is 7.33. The Kier molecular flexibility index (Phi) is 16.7. The summed E-state index contributed by atoms with van der Waals surface area (Å²) in [5, 5.41) is -2.62. The summed E-state index contributed by atoms with van der Waals surface area (Å²) >= 11 is 35.3. The third kappa shape index (κ3) is 10.2. The summed E-state index contributed by atoms with van der Waals surface area (Å²) in [5.41, 5.74) is 0. The van der Waals surface area contributed by atoms with Crippen molar-refractivity contribution in [3.63, 3.8) is 0 Å². The lowest BCUT2D eigenvalue weighted by molar-refractivity contribution is 0.261. The number of unbranched alkanes of at least 4 members (excludes halogenated alkanes) is 3. The second kappa shape index (κ2) is 15.6. The summed E-state index contributed by atoms with van der Waals surface area (Å²) in [6.07, 6.45) is 8.09. The largest absolute Gasteiger partial charge is 0.303 e. The molecule has 1 aliphatic carbocycles. The molecule has 0 aromatic rings. The Labute approximate surface area is 185 Å². The fraction of sp³-hybridized carbons (Fsp3) is 1.00. The molecule has 1 fully saturated rings. The third-order valence-corrected chi connectivity index (χ3v) is 8.34. The van der Waals surface area contributed by atoms with Crippen LogP contribution in [-0.4, -0.2) is 56.8 Å². The molecule has 0 amide bonds. The topological polar surface area (TPSA) is 3.24 Å². The minimum absolute atomic E-state index is 0.437. The highest BCUT2D eigenvalue weighted by Gasteiger charge is 2.46. The van der Waals surface area contributed by atoms with Gasteiger partial charge >= 0.3 is 0 Å². The highest BCUT2D eigenvalue weighted by molar-refractivity contribution is 6.45. The first-order chi connectivity index (χ1) is 11.8. The van der Waals surface area contributed by atoms with Crippen LogP contribution in [0, 0.1) is 0 Å². The standard InChI is InChI=1S/C12H27N.C6H6Cl6/c1-4-7-10-13(11-8-5-2)12-9-6-3;7-1-2(8)4(10)6(12)5(11)3(1)9/h4-12H2,1-3H3;1-6H.